The SMILES string of the molecule is C=CC(CCCC)C1CC(=O)OC1=O. The van der Waals surface area contributed by atoms with Crippen molar-refractivity contribution in [2.45, 2.75) is 32.6 Å². The molecule has 2 atom stereocenters. The van der Waals surface area contributed by atoms with E-state index in [0.29, 0.717) is 0 Å². The summed E-state index contributed by atoms with van der Waals surface area (Å²) in [6.07, 6.45) is 5.03. The van der Waals surface area contributed by atoms with Gasteiger partial charge in [-0.15, -0.1) is 6.58 Å². The van der Waals surface area contributed by atoms with Gasteiger partial charge in [0.05, 0.1) is 12.3 Å². The molecule has 1 aliphatic rings. The predicted octanol–water partition coefficient (Wildman–Crippen LogP) is 2.07. The number of carbonyl (C=O) groups excluding carboxylic acids is 2. The predicted molar refractivity (Wildman–Crippen MR) is 52.4 cm³/mol. The van der Waals surface area contributed by atoms with Gasteiger partial charge in [-0.3, -0.25) is 9.59 Å². The zero-order valence-electron chi connectivity index (χ0n) is 8.49. The molecule has 1 rings (SSSR count). The van der Waals surface area contributed by atoms with Gasteiger partial charge in [0.25, 0.3) is 0 Å². The van der Waals surface area contributed by atoms with Crippen molar-refractivity contribution in [1.82, 2.24) is 0 Å². The third kappa shape index (κ3) is 2.44. The molecular weight excluding hydrogens is 180 g/mol. The Labute approximate surface area is 84.1 Å². The number of cyclic esters (lactones) is 2. The maximum atomic E-state index is 11.3. The first-order valence-corrected chi connectivity index (χ1v) is 5.06. The number of ether oxygens (including phenoxy) is 1. The second-order valence-corrected chi connectivity index (χ2v) is 3.65. The fourth-order valence-electron chi connectivity index (χ4n) is 1.74. The van der Waals surface area contributed by atoms with Crippen molar-refractivity contribution in [3.63, 3.8) is 0 Å². The summed E-state index contributed by atoms with van der Waals surface area (Å²) in [7, 11) is 0. The lowest BCUT2D eigenvalue weighted by Gasteiger charge is -2.14. The van der Waals surface area contributed by atoms with Gasteiger partial charge in [-0.05, 0) is 12.3 Å². The minimum atomic E-state index is -0.400. The van der Waals surface area contributed by atoms with E-state index in [0.717, 1.165) is 19.3 Å². The highest BCUT2D eigenvalue weighted by molar-refractivity contribution is 5.94. The van der Waals surface area contributed by atoms with Crippen molar-refractivity contribution in [2.24, 2.45) is 11.8 Å². The first-order chi connectivity index (χ1) is 6.69. The van der Waals surface area contributed by atoms with Gasteiger partial charge in [0.1, 0.15) is 0 Å². The van der Waals surface area contributed by atoms with Gasteiger partial charge in [-0.2, -0.15) is 0 Å². The molecule has 0 aromatic rings. The summed E-state index contributed by atoms with van der Waals surface area (Å²) in [4.78, 5) is 22.1. The van der Waals surface area contributed by atoms with Crippen LogP contribution in [-0.4, -0.2) is 11.9 Å². The van der Waals surface area contributed by atoms with E-state index < -0.39 is 5.97 Å². The number of hydrogen-bond donors (Lipinski definition) is 0. The fourth-order valence-corrected chi connectivity index (χ4v) is 1.74. The number of allylic oxidation sites excluding steroid dienone is 1. The molecule has 3 heteroatoms. The molecule has 0 bridgehead atoms. The van der Waals surface area contributed by atoms with E-state index in [1.165, 1.54) is 0 Å². The van der Waals surface area contributed by atoms with Crippen LogP contribution in [0.5, 0.6) is 0 Å². The zero-order valence-corrected chi connectivity index (χ0v) is 8.49. The van der Waals surface area contributed by atoms with Crippen LogP contribution < -0.4 is 0 Å². The molecule has 1 aliphatic heterocycles. The zero-order chi connectivity index (χ0) is 10.6. The van der Waals surface area contributed by atoms with Crippen molar-refractivity contribution in [1.29, 1.82) is 0 Å². The molecule has 14 heavy (non-hydrogen) atoms. The van der Waals surface area contributed by atoms with Crippen LogP contribution in [0.1, 0.15) is 32.6 Å². The summed E-state index contributed by atoms with van der Waals surface area (Å²) in [5.74, 6) is -0.972. The molecule has 1 fully saturated rings. The van der Waals surface area contributed by atoms with E-state index in [-0.39, 0.29) is 24.2 Å². The topological polar surface area (TPSA) is 43.4 Å². The molecule has 0 radical (unpaired) electrons. The van der Waals surface area contributed by atoms with Gasteiger partial charge < -0.3 is 4.74 Å². The Hall–Kier alpha value is -1.12. The molecule has 2 unspecified atom stereocenters. The quantitative estimate of drug-likeness (QED) is 0.384. The van der Waals surface area contributed by atoms with Crippen molar-refractivity contribution in [2.75, 3.05) is 0 Å². The smallest absolute Gasteiger partial charge is 0.317 e. The third-order valence-corrected chi connectivity index (χ3v) is 2.61. The number of hydrogen-bond acceptors (Lipinski definition) is 3. The van der Waals surface area contributed by atoms with Crippen molar-refractivity contribution >= 4 is 11.9 Å². The molecule has 3 nitrogen and oxygen atoms in total. The Balaban J connectivity index is 2.55. The first kappa shape index (κ1) is 11.0. The maximum Gasteiger partial charge on any atom is 0.317 e. The van der Waals surface area contributed by atoms with Gasteiger partial charge >= 0.3 is 11.9 Å². The van der Waals surface area contributed by atoms with Gasteiger partial charge in [0, 0.05) is 0 Å². The highest BCUT2D eigenvalue weighted by Crippen LogP contribution is 2.28. The lowest BCUT2D eigenvalue weighted by Crippen LogP contribution is -2.17. The number of unbranched alkanes of at least 4 members (excludes halogenated alkanes) is 1. The Bertz CT molecular complexity index is 245. The lowest BCUT2D eigenvalue weighted by molar-refractivity contribution is -0.153. The summed E-state index contributed by atoms with van der Waals surface area (Å²) < 4.78 is 4.51. The number of carbonyl (C=O) groups is 2. The lowest BCUT2D eigenvalue weighted by atomic mass is 9.87. The van der Waals surface area contributed by atoms with Crippen LogP contribution in [0.3, 0.4) is 0 Å². The molecule has 0 aromatic heterocycles. The van der Waals surface area contributed by atoms with Gasteiger partial charge in [0.15, 0.2) is 0 Å². The van der Waals surface area contributed by atoms with Gasteiger partial charge in [-0.1, -0.05) is 25.8 Å². The number of esters is 2. The van der Waals surface area contributed by atoms with Crippen molar-refractivity contribution < 1.29 is 14.3 Å². The van der Waals surface area contributed by atoms with Crippen LogP contribution in [0.4, 0.5) is 0 Å². The van der Waals surface area contributed by atoms with Crippen LogP contribution in [0.15, 0.2) is 12.7 Å². The van der Waals surface area contributed by atoms with Crippen LogP contribution >= 0.6 is 0 Å². The molecule has 1 saturated heterocycles. The average Bonchev–Trinajstić information content (AvgIpc) is 2.47. The Kier molecular flexibility index (Phi) is 3.86. The van der Waals surface area contributed by atoms with E-state index in [9.17, 15) is 9.59 Å². The molecule has 0 N–H and O–H groups in total. The van der Waals surface area contributed by atoms with Crippen LogP contribution in [0, 0.1) is 11.8 Å². The summed E-state index contributed by atoms with van der Waals surface area (Å²) >= 11 is 0. The van der Waals surface area contributed by atoms with Crippen LogP contribution in [0.2, 0.25) is 0 Å². The summed E-state index contributed by atoms with van der Waals surface area (Å²) in [5, 5.41) is 0. The molecule has 1 heterocycles. The average molecular weight is 196 g/mol. The maximum absolute atomic E-state index is 11.3. The molecule has 0 amide bonds. The number of rotatable bonds is 5. The molecule has 0 aromatic carbocycles. The summed E-state index contributed by atoms with van der Waals surface area (Å²) in [6, 6.07) is 0. The minimum absolute atomic E-state index is 0.0916. The third-order valence-electron chi connectivity index (χ3n) is 2.61. The van der Waals surface area contributed by atoms with Crippen molar-refractivity contribution in [3.05, 3.63) is 12.7 Å². The second kappa shape index (κ2) is 4.94. The van der Waals surface area contributed by atoms with E-state index in [4.69, 9.17) is 0 Å². The van der Waals surface area contributed by atoms with Crippen LogP contribution in [-0.2, 0) is 14.3 Å². The summed E-state index contributed by atoms with van der Waals surface area (Å²) in [5.41, 5.74) is 0. The Morgan fingerprint density at radius 1 is 1.64 bits per heavy atom. The highest BCUT2D eigenvalue weighted by atomic mass is 16.6. The molecule has 78 valence electrons. The molecule has 0 spiro atoms. The van der Waals surface area contributed by atoms with Crippen LogP contribution in [0.25, 0.3) is 0 Å². The van der Waals surface area contributed by atoms with E-state index in [1.54, 1.807) is 6.08 Å². The Morgan fingerprint density at radius 2 is 2.36 bits per heavy atom. The monoisotopic (exact) mass is 196 g/mol. The van der Waals surface area contributed by atoms with E-state index in [1.807, 2.05) is 0 Å². The molecular formula is C11H16O3. The highest BCUT2D eigenvalue weighted by Gasteiger charge is 2.37. The largest absolute Gasteiger partial charge is 0.393 e. The molecule has 0 aliphatic carbocycles. The van der Waals surface area contributed by atoms with Gasteiger partial charge in [0.2, 0.25) is 0 Å². The first-order valence-electron chi connectivity index (χ1n) is 5.06. The van der Waals surface area contributed by atoms with E-state index >= 15 is 0 Å². The Morgan fingerprint density at radius 3 is 2.79 bits per heavy atom. The standard InChI is InChI=1S/C11H16O3/c1-3-5-6-8(4-2)9-7-10(12)14-11(9)13/h4,8-9H,2-3,5-7H2,1H3. The van der Waals surface area contributed by atoms with E-state index in [2.05, 4.69) is 18.2 Å². The summed E-state index contributed by atoms with van der Waals surface area (Å²) in [6.45, 7) is 5.79. The molecule has 0 saturated carbocycles. The van der Waals surface area contributed by atoms with Gasteiger partial charge in [-0.25, -0.2) is 0 Å². The van der Waals surface area contributed by atoms with Crippen molar-refractivity contribution in [3.8, 4) is 0 Å². The fraction of sp³-hybridized carbons (Fsp3) is 0.636. The minimum Gasteiger partial charge on any atom is -0.393 e. The second-order valence-electron chi connectivity index (χ2n) is 3.65. The normalized spacial score (nSPS) is 23.4.